The van der Waals surface area contributed by atoms with E-state index in [2.05, 4.69) is 0 Å². The highest BCUT2D eigenvalue weighted by Gasteiger charge is 2.32. The maximum Gasteiger partial charge on any atom is 0.200 e. The number of aliphatic hydroxyl groups is 2. The molecule has 0 aromatic rings. The lowest BCUT2D eigenvalue weighted by molar-refractivity contribution is -0.132. The zero-order valence-corrected chi connectivity index (χ0v) is 6.70. The predicted octanol–water partition coefficient (Wildman–Crippen LogP) is 0.111. The molecule has 1 rings (SSSR count). The number of carbonyl (C=O) groups excluding carboxylic acids is 2. The zero-order valence-electron chi connectivity index (χ0n) is 6.70. The molecule has 0 saturated carbocycles. The molecule has 0 amide bonds. The topological polar surface area (TPSA) is 74.6 Å². The number of aliphatic hydroxyl groups excluding tert-OH is 2. The summed E-state index contributed by atoms with van der Waals surface area (Å²) in [6.45, 7) is 1.65. The molecule has 1 unspecified atom stereocenters. The molecule has 0 aromatic carbocycles. The Bertz CT molecular complexity index is 264. The van der Waals surface area contributed by atoms with Crippen molar-refractivity contribution in [2.24, 2.45) is 0 Å². The highest BCUT2D eigenvalue weighted by molar-refractivity contribution is 6.12. The lowest BCUT2D eigenvalue weighted by Crippen LogP contribution is -2.32. The number of hydrogen-bond donors (Lipinski definition) is 2. The average Bonchev–Trinajstić information content (AvgIpc) is 2.02. The minimum Gasteiger partial charge on any atom is -0.504 e. The Balaban J connectivity index is 3.09. The minimum absolute atomic E-state index is 0.0405. The van der Waals surface area contributed by atoms with Crippen molar-refractivity contribution in [1.29, 1.82) is 0 Å². The van der Waals surface area contributed by atoms with E-state index in [1.165, 1.54) is 0 Å². The Morgan fingerprint density at radius 3 is 2.58 bits per heavy atom. The maximum atomic E-state index is 11.1. The molecular weight excluding hydrogens is 160 g/mol. The first-order valence-electron chi connectivity index (χ1n) is 3.75. The lowest BCUT2D eigenvalue weighted by atomic mass is 9.91. The van der Waals surface area contributed by atoms with Crippen molar-refractivity contribution in [1.82, 2.24) is 0 Å². The molecule has 0 heterocycles. The Kier molecular flexibility index (Phi) is 2.28. The highest BCUT2D eigenvalue weighted by Crippen LogP contribution is 2.19. The van der Waals surface area contributed by atoms with Crippen LogP contribution in [0.5, 0.6) is 0 Å². The van der Waals surface area contributed by atoms with Gasteiger partial charge in [-0.3, -0.25) is 9.59 Å². The van der Waals surface area contributed by atoms with Crippen LogP contribution in [0.4, 0.5) is 0 Å². The van der Waals surface area contributed by atoms with Crippen molar-refractivity contribution in [3.8, 4) is 0 Å². The summed E-state index contributed by atoms with van der Waals surface area (Å²) in [5.74, 6) is -1.57. The number of Topliss-reactive ketones (excluding diaryl/α,β-unsaturated/α-hetero) is 2. The van der Waals surface area contributed by atoms with Gasteiger partial charge >= 0.3 is 0 Å². The largest absolute Gasteiger partial charge is 0.504 e. The van der Waals surface area contributed by atoms with E-state index in [0.717, 1.165) is 0 Å². The van der Waals surface area contributed by atoms with Gasteiger partial charge in [0.05, 0.1) is 0 Å². The summed E-state index contributed by atoms with van der Waals surface area (Å²) < 4.78 is 0. The van der Waals surface area contributed by atoms with Crippen molar-refractivity contribution in [3.63, 3.8) is 0 Å². The molecule has 4 nitrogen and oxygen atoms in total. The van der Waals surface area contributed by atoms with Crippen molar-refractivity contribution in [2.45, 2.75) is 25.9 Å². The molecule has 1 aliphatic carbocycles. The summed E-state index contributed by atoms with van der Waals surface area (Å²) in [5.41, 5.74) is 0.0405. The van der Waals surface area contributed by atoms with E-state index in [1.54, 1.807) is 6.92 Å². The van der Waals surface area contributed by atoms with Gasteiger partial charge in [0.2, 0.25) is 5.78 Å². The second kappa shape index (κ2) is 3.06. The Morgan fingerprint density at radius 2 is 2.08 bits per heavy atom. The lowest BCUT2D eigenvalue weighted by Gasteiger charge is -2.17. The fourth-order valence-corrected chi connectivity index (χ4v) is 1.19. The van der Waals surface area contributed by atoms with Gasteiger partial charge in [-0.1, -0.05) is 6.92 Å². The molecule has 0 radical (unpaired) electrons. The van der Waals surface area contributed by atoms with Gasteiger partial charge in [-0.25, -0.2) is 0 Å². The fourth-order valence-electron chi connectivity index (χ4n) is 1.19. The van der Waals surface area contributed by atoms with Gasteiger partial charge in [0.15, 0.2) is 11.5 Å². The quantitative estimate of drug-likeness (QED) is 0.585. The van der Waals surface area contributed by atoms with Crippen LogP contribution in [0.3, 0.4) is 0 Å². The van der Waals surface area contributed by atoms with Crippen LogP contribution in [0.15, 0.2) is 11.3 Å². The molecule has 0 spiro atoms. The Morgan fingerprint density at radius 1 is 1.50 bits per heavy atom. The van der Waals surface area contributed by atoms with Gasteiger partial charge in [0, 0.05) is 12.0 Å². The van der Waals surface area contributed by atoms with E-state index < -0.39 is 23.4 Å². The van der Waals surface area contributed by atoms with E-state index in [0.29, 0.717) is 0 Å². The molecule has 66 valence electrons. The first kappa shape index (κ1) is 8.93. The summed E-state index contributed by atoms with van der Waals surface area (Å²) in [6, 6.07) is 0. The molecule has 0 saturated heterocycles. The van der Waals surface area contributed by atoms with Gasteiger partial charge in [0.25, 0.3) is 0 Å². The number of ketones is 2. The van der Waals surface area contributed by atoms with E-state index in [-0.39, 0.29) is 18.4 Å². The van der Waals surface area contributed by atoms with Gasteiger partial charge < -0.3 is 10.2 Å². The average molecular weight is 170 g/mol. The number of allylic oxidation sites excluding steroid dienone is 1. The van der Waals surface area contributed by atoms with Crippen LogP contribution in [0.2, 0.25) is 0 Å². The monoisotopic (exact) mass is 170 g/mol. The van der Waals surface area contributed by atoms with Crippen LogP contribution in [0.1, 0.15) is 19.8 Å². The standard InChI is InChI=1S/C8H10O4/c1-2-4-7(11)5(9)3-6(10)8(4)12/h5,9,12H,2-3H2,1H3. The first-order chi connectivity index (χ1) is 5.57. The summed E-state index contributed by atoms with van der Waals surface area (Å²) >= 11 is 0. The van der Waals surface area contributed by atoms with E-state index in [4.69, 9.17) is 10.2 Å². The normalized spacial score (nSPS) is 25.0. The second-order valence-electron chi connectivity index (χ2n) is 2.69. The second-order valence-corrected chi connectivity index (χ2v) is 2.69. The van der Waals surface area contributed by atoms with E-state index in [1.807, 2.05) is 0 Å². The zero-order chi connectivity index (χ0) is 9.30. The van der Waals surface area contributed by atoms with Crippen molar-refractivity contribution in [3.05, 3.63) is 11.3 Å². The van der Waals surface area contributed by atoms with Crippen LogP contribution >= 0.6 is 0 Å². The van der Waals surface area contributed by atoms with Crippen LogP contribution in [0, 0.1) is 0 Å². The molecule has 0 aliphatic heterocycles. The third-order valence-corrected chi connectivity index (χ3v) is 1.88. The van der Waals surface area contributed by atoms with Crippen LogP contribution < -0.4 is 0 Å². The molecule has 4 heteroatoms. The highest BCUT2D eigenvalue weighted by atomic mass is 16.3. The van der Waals surface area contributed by atoms with Gasteiger partial charge in [0.1, 0.15) is 6.10 Å². The summed E-state index contributed by atoms with van der Waals surface area (Å²) in [6.07, 6.45) is -1.29. The molecule has 12 heavy (non-hydrogen) atoms. The van der Waals surface area contributed by atoms with Gasteiger partial charge in [-0.05, 0) is 6.42 Å². The first-order valence-corrected chi connectivity index (χ1v) is 3.75. The predicted molar refractivity (Wildman–Crippen MR) is 40.6 cm³/mol. The van der Waals surface area contributed by atoms with Crippen LogP contribution in [-0.2, 0) is 9.59 Å². The van der Waals surface area contributed by atoms with E-state index >= 15 is 0 Å². The molecule has 0 fully saturated rings. The fraction of sp³-hybridized carbons (Fsp3) is 0.500. The molecule has 0 aromatic heterocycles. The third-order valence-electron chi connectivity index (χ3n) is 1.88. The smallest absolute Gasteiger partial charge is 0.200 e. The summed E-state index contributed by atoms with van der Waals surface area (Å²) in [5, 5.41) is 18.2. The van der Waals surface area contributed by atoms with Crippen LogP contribution in [0.25, 0.3) is 0 Å². The number of hydrogen-bond acceptors (Lipinski definition) is 4. The van der Waals surface area contributed by atoms with Crippen molar-refractivity contribution in [2.75, 3.05) is 0 Å². The molecule has 1 atom stereocenters. The summed E-state index contributed by atoms with van der Waals surface area (Å²) in [4.78, 5) is 22.0. The Labute approximate surface area is 69.5 Å². The summed E-state index contributed by atoms with van der Waals surface area (Å²) in [7, 11) is 0. The van der Waals surface area contributed by atoms with Gasteiger partial charge in [-0.15, -0.1) is 0 Å². The number of carbonyl (C=O) groups is 2. The minimum atomic E-state index is -1.26. The molecular formula is C8H10O4. The Hall–Kier alpha value is -1.16. The molecule has 2 N–H and O–H groups in total. The van der Waals surface area contributed by atoms with E-state index in [9.17, 15) is 9.59 Å². The molecule has 0 bridgehead atoms. The third kappa shape index (κ3) is 1.25. The van der Waals surface area contributed by atoms with Crippen molar-refractivity contribution >= 4 is 11.6 Å². The molecule has 1 aliphatic rings. The van der Waals surface area contributed by atoms with Crippen LogP contribution in [-0.4, -0.2) is 27.9 Å². The number of rotatable bonds is 1. The van der Waals surface area contributed by atoms with Crippen molar-refractivity contribution < 1.29 is 19.8 Å². The van der Waals surface area contributed by atoms with Gasteiger partial charge in [-0.2, -0.15) is 0 Å². The maximum absolute atomic E-state index is 11.1. The SMILES string of the molecule is CCC1=C(O)C(=O)CC(O)C1=O.